The number of aryl methyl sites for hydroxylation is 1. The average Bonchev–Trinajstić information content (AvgIpc) is 2.75. The first-order chi connectivity index (χ1) is 9.52. The van der Waals surface area contributed by atoms with Crippen molar-refractivity contribution in [2.45, 2.75) is 6.92 Å². The summed E-state index contributed by atoms with van der Waals surface area (Å²) in [6.45, 7) is 3.14. The first-order valence-corrected chi connectivity index (χ1v) is 7.10. The van der Waals surface area contributed by atoms with Gasteiger partial charge in [-0.05, 0) is 19.1 Å². The second kappa shape index (κ2) is 6.68. The maximum absolute atomic E-state index is 6.23. The zero-order chi connectivity index (χ0) is 14.7. The van der Waals surface area contributed by atoms with E-state index in [4.69, 9.17) is 39.5 Å². The molecule has 0 saturated heterocycles. The van der Waals surface area contributed by atoms with Gasteiger partial charge in [-0.3, -0.25) is 4.57 Å². The van der Waals surface area contributed by atoms with Crippen LogP contribution in [-0.2, 0) is 4.74 Å². The topological polar surface area (TPSA) is 39.1 Å². The standard InChI is InChI=1S/C13H14Cl3N3O/c1-8-7-19(13(18-8)17-3-4-20-2)12-6-10(15)9(14)5-11(12)16/h5-7H,3-4H2,1-2H3,(H,17,18). The molecule has 0 unspecified atom stereocenters. The summed E-state index contributed by atoms with van der Waals surface area (Å²) >= 11 is 18.2. The van der Waals surface area contributed by atoms with Crippen molar-refractivity contribution in [2.24, 2.45) is 0 Å². The molecular weight excluding hydrogens is 321 g/mol. The average molecular weight is 335 g/mol. The highest BCUT2D eigenvalue weighted by molar-refractivity contribution is 6.43. The number of nitrogens with one attached hydrogen (secondary N) is 1. The summed E-state index contributed by atoms with van der Waals surface area (Å²) in [6, 6.07) is 3.34. The van der Waals surface area contributed by atoms with E-state index < -0.39 is 0 Å². The highest BCUT2D eigenvalue weighted by Crippen LogP contribution is 2.32. The number of halogens is 3. The van der Waals surface area contributed by atoms with Gasteiger partial charge in [0.25, 0.3) is 0 Å². The molecule has 0 amide bonds. The van der Waals surface area contributed by atoms with Crippen LogP contribution in [0.25, 0.3) is 5.69 Å². The van der Waals surface area contributed by atoms with Crippen molar-refractivity contribution >= 4 is 40.8 Å². The van der Waals surface area contributed by atoms with Crippen molar-refractivity contribution in [1.29, 1.82) is 0 Å². The molecule has 0 spiro atoms. The van der Waals surface area contributed by atoms with Crippen molar-refractivity contribution in [3.05, 3.63) is 39.1 Å². The second-order valence-electron chi connectivity index (χ2n) is 4.21. The minimum atomic E-state index is 0.422. The van der Waals surface area contributed by atoms with E-state index in [1.807, 2.05) is 17.7 Å². The number of hydrogen-bond acceptors (Lipinski definition) is 3. The third kappa shape index (κ3) is 3.38. The van der Waals surface area contributed by atoms with E-state index in [1.54, 1.807) is 19.2 Å². The molecule has 0 saturated carbocycles. The minimum Gasteiger partial charge on any atom is -0.383 e. The van der Waals surface area contributed by atoms with Crippen LogP contribution in [0.2, 0.25) is 15.1 Å². The van der Waals surface area contributed by atoms with Crippen LogP contribution >= 0.6 is 34.8 Å². The molecule has 0 aliphatic carbocycles. The van der Waals surface area contributed by atoms with Crippen LogP contribution in [0.3, 0.4) is 0 Å². The first-order valence-electron chi connectivity index (χ1n) is 5.96. The Labute approximate surface area is 132 Å². The third-order valence-corrected chi connectivity index (χ3v) is 3.69. The molecule has 0 bridgehead atoms. The summed E-state index contributed by atoms with van der Waals surface area (Å²) in [5.74, 6) is 0.680. The zero-order valence-corrected chi connectivity index (χ0v) is 13.4. The van der Waals surface area contributed by atoms with Crippen LogP contribution < -0.4 is 5.32 Å². The largest absolute Gasteiger partial charge is 0.383 e. The van der Waals surface area contributed by atoms with Gasteiger partial charge in [-0.25, -0.2) is 4.98 Å². The fourth-order valence-electron chi connectivity index (χ4n) is 1.77. The number of hydrogen-bond donors (Lipinski definition) is 1. The van der Waals surface area contributed by atoms with Gasteiger partial charge < -0.3 is 10.1 Å². The predicted octanol–water partition coefficient (Wildman–Crippen LogP) is 4.20. The van der Waals surface area contributed by atoms with Crippen molar-refractivity contribution in [2.75, 3.05) is 25.6 Å². The number of aromatic nitrogens is 2. The van der Waals surface area contributed by atoms with E-state index in [0.717, 1.165) is 11.4 Å². The van der Waals surface area contributed by atoms with E-state index in [1.165, 1.54) is 0 Å². The Balaban J connectivity index is 2.39. The van der Waals surface area contributed by atoms with Gasteiger partial charge in [0.15, 0.2) is 0 Å². The Morgan fingerprint density at radius 2 is 1.90 bits per heavy atom. The number of rotatable bonds is 5. The van der Waals surface area contributed by atoms with Crippen LogP contribution in [0.5, 0.6) is 0 Å². The van der Waals surface area contributed by atoms with Crippen molar-refractivity contribution < 1.29 is 4.74 Å². The van der Waals surface area contributed by atoms with Crippen molar-refractivity contribution in [3.8, 4) is 5.69 Å². The Hall–Kier alpha value is -0.940. The normalized spacial score (nSPS) is 10.8. The lowest BCUT2D eigenvalue weighted by atomic mass is 10.3. The number of imidazole rings is 1. The quantitative estimate of drug-likeness (QED) is 0.658. The van der Waals surface area contributed by atoms with Crippen LogP contribution in [0, 0.1) is 6.92 Å². The summed E-state index contributed by atoms with van der Waals surface area (Å²) in [4.78, 5) is 4.41. The van der Waals surface area contributed by atoms with E-state index in [9.17, 15) is 0 Å². The van der Waals surface area contributed by atoms with Crippen LogP contribution in [0.4, 0.5) is 5.95 Å². The molecule has 20 heavy (non-hydrogen) atoms. The fourth-order valence-corrected chi connectivity index (χ4v) is 2.40. The van der Waals surface area contributed by atoms with Gasteiger partial charge in [0.05, 0.1) is 33.1 Å². The lowest BCUT2D eigenvalue weighted by Gasteiger charge is -2.12. The van der Waals surface area contributed by atoms with E-state index in [-0.39, 0.29) is 0 Å². The number of ether oxygens (including phenoxy) is 1. The summed E-state index contributed by atoms with van der Waals surface area (Å²) in [7, 11) is 1.65. The van der Waals surface area contributed by atoms with Gasteiger partial charge in [-0.2, -0.15) is 0 Å². The molecule has 0 radical (unpaired) electrons. The molecule has 7 heteroatoms. The molecule has 0 fully saturated rings. The molecular formula is C13H14Cl3N3O. The Bertz CT molecular complexity index is 613. The summed E-state index contributed by atoms with van der Waals surface area (Å²) in [5, 5.41) is 4.56. The maximum Gasteiger partial charge on any atom is 0.207 e. The van der Waals surface area contributed by atoms with Crippen LogP contribution in [0.15, 0.2) is 18.3 Å². The summed E-state index contributed by atoms with van der Waals surface area (Å²) in [6.07, 6.45) is 1.88. The second-order valence-corrected chi connectivity index (χ2v) is 5.43. The molecule has 0 aliphatic heterocycles. The highest BCUT2D eigenvalue weighted by atomic mass is 35.5. The molecule has 0 atom stereocenters. The summed E-state index contributed by atoms with van der Waals surface area (Å²) < 4.78 is 6.85. The first kappa shape index (κ1) is 15.4. The molecule has 1 heterocycles. The van der Waals surface area contributed by atoms with E-state index in [0.29, 0.717) is 34.2 Å². The number of methoxy groups -OCH3 is 1. The molecule has 1 aromatic heterocycles. The number of benzene rings is 1. The van der Waals surface area contributed by atoms with Crippen LogP contribution in [0.1, 0.15) is 5.69 Å². The summed E-state index contributed by atoms with van der Waals surface area (Å²) in [5.41, 5.74) is 1.59. The van der Waals surface area contributed by atoms with Gasteiger partial charge in [0.1, 0.15) is 0 Å². The molecule has 4 nitrogen and oxygen atoms in total. The number of nitrogens with zero attached hydrogens (tertiary/aromatic N) is 2. The monoisotopic (exact) mass is 333 g/mol. The fraction of sp³-hybridized carbons (Fsp3) is 0.308. The van der Waals surface area contributed by atoms with Gasteiger partial charge in [-0.1, -0.05) is 34.8 Å². The van der Waals surface area contributed by atoms with E-state index in [2.05, 4.69) is 10.3 Å². The smallest absolute Gasteiger partial charge is 0.207 e. The zero-order valence-electron chi connectivity index (χ0n) is 11.1. The molecule has 108 valence electrons. The highest BCUT2D eigenvalue weighted by Gasteiger charge is 2.12. The van der Waals surface area contributed by atoms with Gasteiger partial charge in [-0.15, -0.1) is 0 Å². The predicted molar refractivity (Wildman–Crippen MR) is 83.7 cm³/mol. The van der Waals surface area contributed by atoms with Crippen molar-refractivity contribution in [1.82, 2.24) is 9.55 Å². The molecule has 1 N–H and O–H groups in total. The Kier molecular flexibility index (Phi) is 5.16. The number of anilines is 1. The lowest BCUT2D eigenvalue weighted by molar-refractivity contribution is 0.210. The molecule has 1 aromatic carbocycles. The minimum absolute atomic E-state index is 0.422. The molecule has 2 aromatic rings. The maximum atomic E-state index is 6.23. The van der Waals surface area contributed by atoms with Crippen molar-refractivity contribution in [3.63, 3.8) is 0 Å². The van der Waals surface area contributed by atoms with Gasteiger partial charge >= 0.3 is 0 Å². The lowest BCUT2D eigenvalue weighted by Crippen LogP contribution is -2.11. The SMILES string of the molecule is COCCNc1nc(C)cn1-c1cc(Cl)c(Cl)cc1Cl. The Morgan fingerprint density at radius 3 is 2.60 bits per heavy atom. The van der Waals surface area contributed by atoms with Gasteiger partial charge in [0, 0.05) is 19.9 Å². The molecule has 0 aliphatic rings. The molecule has 2 rings (SSSR count). The van der Waals surface area contributed by atoms with Crippen LogP contribution in [-0.4, -0.2) is 29.8 Å². The third-order valence-electron chi connectivity index (χ3n) is 2.66. The van der Waals surface area contributed by atoms with Gasteiger partial charge in [0.2, 0.25) is 5.95 Å². The Morgan fingerprint density at radius 1 is 1.20 bits per heavy atom. The van der Waals surface area contributed by atoms with E-state index >= 15 is 0 Å².